The minimum absolute atomic E-state index is 0.653. The predicted octanol–water partition coefficient (Wildman–Crippen LogP) is 1.87. The first-order valence-corrected chi connectivity index (χ1v) is 8.50. The molecule has 1 aromatic carbocycles. The summed E-state index contributed by atoms with van der Waals surface area (Å²) in [4.78, 5) is 13.6. The maximum Gasteiger partial charge on any atom is 0.227 e. The van der Waals surface area contributed by atoms with Gasteiger partial charge in [0.15, 0.2) is 0 Å². The summed E-state index contributed by atoms with van der Waals surface area (Å²) in [5.74, 6) is 2.49. The minimum atomic E-state index is 0.653. The van der Waals surface area contributed by atoms with Crippen molar-refractivity contribution >= 4 is 17.5 Å². The number of hydrogen-bond acceptors (Lipinski definition) is 7. The van der Waals surface area contributed by atoms with Gasteiger partial charge in [0.1, 0.15) is 11.6 Å². The highest BCUT2D eigenvalue weighted by Crippen LogP contribution is 2.21. The lowest BCUT2D eigenvalue weighted by Gasteiger charge is -2.36. The molecule has 2 heterocycles. The summed E-state index contributed by atoms with van der Waals surface area (Å²) in [6.45, 7) is 5.06. The van der Waals surface area contributed by atoms with Gasteiger partial charge in [0.2, 0.25) is 5.95 Å². The third kappa shape index (κ3) is 4.51. The molecule has 0 spiro atoms. The minimum Gasteiger partial charge on any atom is -0.497 e. The second-order valence-corrected chi connectivity index (χ2v) is 5.83. The zero-order chi connectivity index (χ0) is 17.5. The summed E-state index contributed by atoms with van der Waals surface area (Å²) in [5.41, 5.74) is 1.22. The summed E-state index contributed by atoms with van der Waals surface area (Å²) < 4.78 is 10.3. The van der Waals surface area contributed by atoms with Crippen LogP contribution in [-0.2, 0) is 4.74 Å². The van der Waals surface area contributed by atoms with Crippen LogP contribution in [0.3, 0.4) is 0 Å². The topological polar surface area (TPSA) is 62.8 Å². The van der Waals surface area contributed by atoms with Crippen molar-refractivity contribution < 1.29 is 9.47 Å². The third-order valence-electron chi connectivity index (χ3n) is 4.26. The molecule has 0 radical (unpaired) electrons. The molecule has 1 fully saturated rings. The van der Waals surface area contributed by atoms with Gasteiger partial charge in [-0.3, -0.25) is 0 Å². The summed E-state index contributed by atoms with van der Waals surface area (Å²) in [6.07, 6.45) is 1.80. The standard InChI is InChI=1S/C18H25N5O2/c1-24-14-9-19-17-7-8-20-18(21-17)23-12-10-22(11-13-23)15-3-5-16(25-2)6-4-15/h3-8H,9-14H2,1-2H3,(H,19,20,21). The van der Waals surface area contributed by atoms with Crippen LogP contribution >= 0.6 is 0 Å². The number of benzene rings is 1. The SMILES string of the molecule is COCCNc1ccnc(N2CCN(c3ccc(OC)cc3)CC2)n1. The quantitative estimate of drug-likeness (QED) is 0.770. The first kappa shape index (κ1) is 17.3. The maximum absolute atomic E-state index is 5.22. The highest BCUT2D eigenvalue weighted by atomic mass is 16.5. The number of hydrogen-bond donors (Lipinski definition) is 1. The molecule has 0 aliphatic carbocycles. The molecule has 1 saturated heterocycles. The molecule has 0 amide bonds. The van der Waals surface area contributed by atoms with Crippen LogP contribution in [0.15, 0.2) is 36.5 Å². The largest absolute Gasteiger partial charge is 0.497 e. The van der Waals surface area contributed by atoms with Gasteiger partial charge in [-0.25, -0.2) is 4.98 Å². The molecule has 1 aliphatic heterocycles. The molecule has 1 N–H and O–H groups in total. The van der Waals surface area contributed by atoms with E-state index in [1.165, 1.54) is 5.69 Å². The van der Waals surface area contributed by atoms with Crippen molar-refractivity contribution in [3.05, 3.63) is 36.5 Å². The number of aromatic nitrogens is 2. The molecular formula is C18H25N5O2. The maximum atomic E-state index is 5.22. The molecule has 0 saturated carbocycles. The summed E-state index contributed by atoms with van der Waals surface area (Å²) >= 11 is 0. The van der Waals surface area contributed by atoms with Gasteiger partial charge in [-0.2, -0.15) is 4.98 Å². The van der Waals surface area contributed by atoms with Crippen LogP contribution in [0, 0.1) is 0 Å². The average Bonchev–Trinajstić information content (AvgIpc) is 2.69. The number of nitrogens with zero attached hydrogens (tertiary/aromatic N) is 4. The number of methoxy groups -OCH3 is 2. The smallest absolute Gasteiger partial charge is 0.227 e. The molecule has 1 aliphatic rings. The lowest BCUT2D eigenvalue weighted by Crippen LogP contribution is -2.47. The number of anilines is 3. The zero-order valence-corrected chi connectivity index (χ0v) is 14.8. The van der Waals surface area contributed by atoms with Gasteiger partial charge < -0.3 is 24.6 Å². The summed E-state index contributed by atoms with van der Waals surface area (Å²) in [6, 6.07) is 10.1. The third-order valence-corrected chi connectivity index (χ3v) is 4.26. The fourth-order valence-corrected chi connectivity index (χ4v) is 2.84. The van der Waals surface area contributed by atoms with Crippen LogP contribution in [-0.4, -0.2) is 63.5 Å². The Hall–Kier alpha value is -2.54. The number of nitrogens with one attached hydrogen (secondary N) is 1. The Morgan fingerprint density at radius 3 is 2.40 bits per heavy atom. The zero-order valence-electron chi connectivity index (χ0n) is 14.8. The Morgan fingerprint density at radius 1 is 1.00 bits per heavy atom. The first-order chi connectivity index (χ1) is 12.3. The summed E-state index contributed by atoms with van der Waals surface area (Å²) in [5, 5.41) is 3.25. The van der Waals surface area contributed by atoms with Gasteiger partial charge in [0.05, 0.1) is 13.7 Å². The van der Waals surface area contributed by atoms with Crippen LogP contribution in [0.4, 0.5) is 17.5 Å². The van der Waals surface area contributed by atoms with E-state index in [0.717, 1.165) is 50.2 Å². The fourth-order valence-electron chi connectivity index (χ4n) is 2.84. The highest BCUT2D eigenvalue weighted by molar-refractivity contribution is 5.51. The Labute approximate surface area is 148 Å². The molecule has 25 heavy (non-hydrogen) atoms. The van der Waals surface area contributed by atoms with E-state index in [1.807, 2.05) is 18.2 Å². The lowest BCUT2D eigenvalue weighted by molar-refractivity contribution is 0.210. The highest BCUT2D eigenvalue weighted by Gasteiger charge is 2.19. The Balaban J connectivity index is 1.57. The molecule has 1 aromatic heterocycles. The van der Waals surface area contributed by atoms with Crippen LogP contribution in [0.2, 0.25) is 0 Å². The molecule has 134 valence electrons. The molecule has 7 heteroatoms. The molecular weight excluding hydrogens is 318 g/mol. The normalized spacial score (nSPS) is 14.5. The summed E-state index contributed by atoms with van der Waals surface area (Å²) in [7, 11) is 3.38. The molecule has 0 atom stereocenters. The number of rotatable bonds is 7. The molecule has 0 bridgehead atoms. The second kappa shape index (κ2) is 8.53. The Kier molecular flexibility index (Phi) is 5.90. The van der Waals surface area contributed by atoms with Crippen molar-refractivity contribution in [3.8, 4) is 5.75 Å². The van der Waals surface area contributed by atoms with Gasteiger partial charge in [-0.1, -0.05) is 0 Å². The van der Waals surface area contributed by atoms with Crippen LogP contribution < -0.4 is 19.9 Å². The lowest BCUT2D eigenvalue weighted by atomic mass is 10.2. The van der Waals surface area contributed by atoms with E-state index in [-0.39, 0.29) is 0 Å². The van der Waals surface area contributed by atoms with Crippen molar-refractivity contribution in [1.29, 1.82) is 0 Å². The van der Waals surface area contributed by atoms with Crippen LogP contribution in [0.5, 0.6) is 5.75 Å². The number of ether oxygens (including phenoxy) is 2. The van der Waals surface area contributed by atoms with Crippen molar-refractivity contribution in [2.75, 3.05) is 68.7 Å². The molecule has 7 nitrogen and oxygen atoms in total. The van der Waals surface area contributed by atoms with Crippen molar-refractivity contribution in [1.82, 2.24) is 9.97 Å². The monoisotopic (exact) mass is 343 g/mol. The molecule has 3 rings (SSSR count). The van der Waals surface area contributed by atoms with E-state index in [0.29, 0.717) is 6.61 Å². The average molecular weight is 343 g/mol. The van der Waals surface area contributed by atoms with Gasteiger partial charge >= 0.3 is 0 Å². The van der Waals surface area contributed by atoms with Crippen molar-refractivity contribution in [3.63, 3.8) is 0 Å². The Morgan fingerprint density at radius 2 is 1.72 bits per heavy atom. The number of piperazine rings is 1. The van der Waals surface area contributed by atoms with E-state index in [9.17, 15) is 0 Å². The van der Waals surface area contributed by atoms with Crippen molar-refractivity contribution in [2.24, 2.45) is 0 Å². The van der Waals surface area contributed by atoms with E-state index in [2.05, 4.69) is 37.2 Å². The van der Waals surface area contributed by atoms with E-state index >= 15 is 0 Å². The predicted molar refractivity (Wildman–Crippen MR) is 99.8 cm³/mol. The Bertz CT molecular complexity index is 657. The van der Waals surface area contributed by atoms with Crippen LogP contribution in [0.25, 0.3) is 0 Å². The molecule has 2 aromatic rings. The van der Waals surface area contributed by atoms with E-state index < -0.39 is 0 Å². The van der Waals surface area contributed by atoms with E-state index in [1.54, 1.807) is 20.4 Å². The van der Waals surface area contributed by atoms with E-state index in [4.69, 9.17) is 9.47 Å². The van der Waals surface area contributed by atoms with Gasteiger partial charge in [0.25, 0.3) is 0 Å². The second-order valence-electron chi connectivity index (χ2n) is 5.83. The molecule has 0 unspecified atom stereocenters. The van der Waals surface area contributed by atoms with Crippen LogP contribution in [0.1, 0.15) is 0 Å². The van der Waals surface area contributed by atoms with Gasteiger partial charge in [-0.05, 0) is 30.3 Å². The van der Waals surface area contributed by atoms with Crippen molar-refractivity contribution in [2.45, 2.75) is 0 Å². The first-order valence-electron chi connectivity index (χ1n) is 8.50. The fraction of sp³-hybridized carbons (Fsp3) is 0.444. The van der Waals surface area contributed by atoms with Gasteiger partial charge in [0, 0.05) is 51.7 Å². The van der Waals surface area contributed by atoms with Gasteiger partial charge in [-0.15, -0.1) is 0 Å².